The van der Waals surface area contributed by atoms with Crippen molar-refractivity contribution < 1.29 is 22.8 Å². The summed E-state index contributed by atoms with van der Waals surface area (Å²) in [4.78, 5) is 44.3. The summed E-state index contributed by atoms with van der Waals surface area (Å²) >= 11 is 6.02. The van der Waals surface area contributed by atoms with Crippen molar-refractivity contribution >= 4 is 50.1 Å². The highest BCUT2D eigenvalue weighted by atomic mass is 35.5. The van der Waals surface area contributed by atoms with E-state index in [4.69, 9.17) is 11.6 Å². The highest BCUT2D eigenvalue weighted by Crippen LogP contribution is 2.25. The van der Waals surface area contributed by atoms with Crippen molar-refractivity contribution in [3.05, 3.63) is 41.4 Å². The average molecular weight is 563 g/mol. The molecule has 1 N–H and O–H groups in total. The number of sulfonamides is 1. The predicted molar refractivity (Wildman–Crippen MR) is 146 cm³/mol. The molecular formula is C27H35ClN4O5S. The topological polar surface area (TPSA) is 107 Å². The number of hydrogen-bond acceptors (Lipinski definition) is 5. The summed E-state index contributed by atoms with van der Waals surface area (Å²) in [6, 6.07) is 8.19. The van der Waals surface area contributed by atoms with E-state index in [1.807, 2.05) is 13.8 Å². The predicted octanol–water partition coefficient (Wildman–Crippen LogP) is 2.87. The number of rotatable bonds is 8. The SMILES string of the molecule is CCN(CC)C(=O)C1CCCN(C(=O)[C@H](C)N2CC[C@H](NS(=O)(=O)c3ccc4cc(Cl)ccc4c3)C2=O)C1. The Labute approximate surface area is 229 Å². The van der Waals surface area contributed by atoms with Crippen LogP contribution in [0.3, 0.4) is 0 Å². The molecule has 2 fully saturated rings. The van der Waals surface area contributed by atoms with Gasteiger partial charge in [0.05, 0.1) is 10.8 Å². The van der Waals surface area contributed by atoms with Gasteiger partial charge in [0.25, 0.3) is 0 Å². The maximum Gasteiger partial charge on any atom is 0.245 e. The molecule has 11 heteroatoms. The average Bonchev–Trinajstić information content (AvgIpc) is 3.27. The summed E-state index contributed by atoms with van der Waals surface area (Å²) in [7, 11) is -3.97. The summed E-state index contributed by atoms with van der Waals surface area (Å²) in [5, 5.41) is 2.09. The quantitative estimate of drug-likeness (QED) is 0.532. The lowest BCUT2D eigenvalue weighted by molar-refractivity contribution is -0.147. The Hall–Kier alpha value is -2.69. The first-order chi connectivity index (χ1) is 18.1. The van der Waals surface area contributed by atoms with Gasteiger partial charge in [-0.3, -0.25) is 14.4 Å². The van der Waals surface area contributed by atoms with Crippen LogP contribution in [0.2, 0.25) is 5.02 Å². The highest BCUT2D eigenvalue weighted by molar-refractivity contribution is 7.89. The molecule has 206 valence electrons. The normalized spacial score (nSPS) is 21.1. The minimum Gasteiger partial charge on any atom is -0.343 e. The summed E-state index contributed by atoms with van der Waals surface area (Å²) in [5.41, 5.74) is 0. The van der Waals surface area contributed by atoms with Crippen molar-refractivity contribution in [2.24, 2.45) is 5.92 Å². The van der Waals surface area contributed by atoms with Crippen molar-refractivity contribution in [2.75, 3.05) is 32.7 Å². The van der Waals surface area contributed by atoms with Gasteiger partial charge in [0, 0.05) is 37.7 Å². The zero-order valence-electron chi connectivity index (χ0n) is 22.0. The van der Waals surface area contributed by atoms with Gasteiger partial charge in [0.15, 0.2) is 0 Å². The zero-order chi connectivity index (χ0) is 27.6. The maximum atomic E-state index is 13.3. The third-order valence-corrected chi connectivity index (χ3v) is 9.31. The van der Waals surface area contributed by atoms with Crippen LogP contribution < -0.4 is 4.72 Å². The molecule has 2 aliphatic heterocycles. The number of carbonyl (C=O) groups is 3. The standard InChI is InChI=1S/C27H35ClN4O5S/c1-4-30(5-2)26(34)21-7-6-13-31(17-21)25(33)18(3)32-14-12-24(27(32)35)29-38(36,37)23-11-9-19-15-22(28)10-8-20(19)16-23/h8-11,15-16,18,21,24,29H,4-7,12-14,17H2,1-3H3/t18-,21?,24-/m0/s1. The molecule has 9 nitrogen and oxygen atoms in total. The molecule has 2 aliphatic rings. The lowest BCUT2D eigenvalue weighted by Crippen LogP contribution is -2.53. The van der Waals surface area contributed by atoms with Crippen LogP contribution in [-0.4, -0.2) is 85.6 Å². The van der Waals surface area contributed by atoms with Gasteiger partial charge < -0.3 is 14.7 Å². The smallest absolute Gasteiger partial charge is 0.245 e. The number of hydrogen-bond donors (Lipinski definition) is 1. The number of benzene rings is 2. The second-order valence-electron chi connectivity index (χ2n) is 9.96. The molecule has 2 saturated heterocycles. The van der Waals surface area contributed by atoms with E-state index in [1.165, 1.54) is 11.0 Å². The van der Waals surface area contributed by atoms with Crippen molar-refractivity contribution in [1.29, 1.82) is 0 Å². The van der Waals surface area contributed by atoms with E-state index in [-0.39, 0.29) is 35.6 Å². The number of likely N-dealkylation sites (tertiary alicyclic amines) is 2. The molecule has 2 aromatic rings. The maximum absolute atomic E-state index is 13.3. The van der Waals surface area contributed by atoms with Gasteiger partial charge in [-0.15, -0.1) is 0 Å². The number of amides is 3. The monoisotopic (exact) mass is 562 g/mol. The van der Waals surface area contributed by atoms with Crippen LogP contribution in [0.15, 0.2) is 41.3 Å². The Morgan fingerprint density at radius 2 is 1.76 bits per heavy atom. The molecule has 1 unspecified atom stereocenters. The van der Waals surface area contributed by atoms with Crippen LogP contribution >= 0.6 is 11.6 Å². The first kappa shape index (κ1) is 28.3. The molecule has 0 spiro atoms. The Bertz CT molecular complexity index is 1330. The number of halogens is 1. The molecule has 0 aliphatic carbocycles. The molecule has 0 aromatic heterocycles. The van der Waals surface area contributed by atoms with E-state index in [0.717, 1.165) is 23.6 Å². The van der Waals surface area contributed by atoms with Crippen LogP contribution in [0, 0.1) is 5.92 Å². The number of fused-ring (bicyclic) bond motifs is 1. The minimum atomic E-state index is -3.97. The van der Waals surface area contributed by atoms with E-state index < -0.39 is 28.0 Å². The van der Waals surface area contributed by atoms with Crippen LogP contribution in [-0.2, 0) is 24.4 Å². The molecule has 0 saturated carbocycles. The second kappa shape index (κ2) is 11.6. The van der Waals surface area contributed by atoms with Gasteiger partial charge >= 0.3 is 0 Å². The molecule has 4 rings (SSSR count). The molecule has 0 radical (unpaired) electrons. The Morgan fingerprint density at radius 3 is 2.47 bits per heavy atom. The molecule has 2 heterocycles. The lowest BCUT2D eigenvalue weighted by Gasteiger charge is -2.37. The van der Waals surface area contributed by atoms with E-state index >= 15 is 0 Å². The molecular weight excluding hydrogens is 528 g/mol. The van der Waals surface area contributed by atoms with Gasteiger partial charge in [-0.2, -0.15) is 4.72 Å². The molecule has 3 amide bonds. The van der Waals surface area contributed by atoms with Gasteiger partial charge in [0.2, 0.25) is 27.7 Å². The summed E-state index contributed by atoms with van der Waals surface area (Å²) in [6.07, 6.45) is 1.73. The fourth-order valence-electron chi connectivity index (χ4n) is 5.38. The third-order valence-electron chi connectivity index (χ3n) is 7.60. The van der Waals surface area contributed by atoms with E-state index in [1.54, 1.807) is 47.1 Å². The van der Waals surface area contributed by atoms with Gasteiger partial charge in [-0.25, -0.2) is 8.42 Å². The van der Waals surface area contributed by atoms with Gasteiger partial charge in [0.1, 0.15) is 12.1 Å². The highest BCUT2D eigenvalue weighted by Gasteiger charge is 2.41. The molecule has 38 heavy (non-hydrogen) atoms. The number of carbonyl (C=O) groups excluding carboxylic acids is 3. The molecule has 0 bridgehead atoms. The van der Waals surface area contributed by atoms with Crippen molar-refractivity contribution in [2.45, 2.75) is 57.0 Å². The zero-order valence-corrected chi connectivity index (χ0v) is 23.6. The fraction of sp³-hybridized carbons (Fsp3) is 0.519. The van der Waals surface area contributed by atoms with Crippen LogP contribution in [0.5, 0.6) is 0 Å². The largest absolute Gasteiger partial charge is 0.343 e. The second-order valence-corrected chi connectivity index (χ2v) is 12.1. The van der Waals surface area contributed by atoms with Crippen molar-refractivity contribution in [1.82, 2.24) is 19.4 Å². The Balaban J connectivity index is 1.41. The van der Waals surface area contributed by atoms with Gasteiger partial charge in [-0.1, -0.05) is 23.7 Å². The van der Waals surface area contributed by atoms with E-state index in [0.29, 0.717) is 31.2 Å². The lowest BCUT2D eigenvalue weighted by atomic mass is 9.96. The van der Waals surface area contributed by atoms with Crippen LogP contribution in [0.25, 0.3) is 10.8 Å². The number of nitrogens with one attached hydrogen (secondary N) is 1. The number of piperidine rings is 1. The fourth-order valence-corrected chi connectivity index (χ4v) is 6.82. The molecule has 2 aromatic carbocycles. The molecule has 3 atom stereocenters. The number of nitrogens with zero attached hydrogens (tertiary/aromatic N) is 3. The first-order valence-corrected chi connectivity index (χ1v) is 15.0. The Kier molecular flexibility index (Phi) is 8.64. The summed E-state index contributed by atoms with van der Waals surface area (Å²) < 4.78 is 28.7. The summed E-state index contributed by atoms with van der Waals surface area (Å²) in [5.74, 6) is -0.822. The van der Waals surface area contributed by atoms with Crippen LogP contribution in [0.1, 0.15) is 40.0 Å². The van der Waals surface area contributed by atoms with Gasteiger partial charge in [-0.05, 0) is 75.1 Å². The van der Waals surface area contributed by atoms with Crippen molar-refractivity contribution in [3.8, 4) is 0 Å². The summed E-state index contributed by atoms with van der Waals surface area (Å²) in [6.45, 7) is 7.95. The van der Waals surface area contributed by atoms with Crippen molar-refractivity contribution in [3.63, 3.8) is 0 Å². The minimum absolute atomic E-state index is 0.0555. The Morgan fingerprint density at radius 1 is 1.08 bits per heavy atom. The van der Waals surface area contributed by atoms with E-state index in [9.17, 15) is 22.8 Å². The first-order valence-electron chi connectivity index (χ1n) is 13.2. The third kappa shape index (κ3) is 5.82. The van der Waals surface area contributed by atoms with Crippen LogP contribution in [0.4, 0.5) is 0 Å². The van der Waals surface area contributed by atoms with E-state index in [2.05, 4.69) is 4.72 Å².